The summed E-state index contributed by atoms with van der Waals surface area (Å²) in [4.78, 5) is 2.02. The zero-order valence-electron chi connectivity index (χ0n) is 13.2. The highest BCUT2D eigenvalue weighted by molar-refractivity contribution is 7.89. The van der Waals surface area contributed by atoms with Crippen molar-refractivity contribution in [1.29, 1.82) is 0 Å². The zero-order valence-corrected chi connectivity index (χ0v) is 14.8. The van der Waals surface area contributed by atoms with Crippen LogP contribution in [0.1, 0.15) is 19.4 Å². The second kappa shape index (κ2) is 6.96. The molecule has 0 heterocycles. The summed E-state index contributed by atoms with van der Waals surface area (Å²) in [6.07, 6.45) is 0. The maximum absolute atomic E-state index is 12.8. The van der Waals surface area contributed by atoms with Crippen LogP contribution in [-0.2, 0) is 10.0 Å². The van der Waals surface area contributed by atoms with Gasteiger partial charge in [0.25, 0.3) is 0 Å². The summed E-state index contributed by atoms with van der Waals surface area (Å²) in [5.41, 5.74) is 7.03. The lowest BCUT2D eigenvalue weighted by Gasteiger charge is -2.29. The number of anilines is 1. The number of benzene rings is 1. The van der Waals surface area contributed by atoms with Crippen molar-refractivity contribution in [3.8, 4) is 0 Å². The molecule has 0 aromatic heterocycles. The van der Waals surface area contributed by atoms with E-state index in [1.165, 1.54) is 10.4 Å². The molecular formula is C14H24ClN3O2S. The monoisotopic (exact) mass is 333 g/mol. The van der Waals surface area contributed by atoms with Crippen molar-refractivity contribution >= 4 is 27.3 Å². The summed E-state index contributed by atoms with van der Waals surface area (Å²) in [5, 5.41) is 0.206. The molecule has 1 rings (SSSR count). The Kier molecular flexibility index (Phi) is 6.04. The van der Waals surface area contributed by atoms with Gasteiger partial charge in [-0.05, 0) is 45.6 Å². The van der Waals surface area contributed by atoms with Crippen LogP contribution in [0, 0.1) is 6.92 Å². The molecule has 1 unspecified atom stereocenters. The maximum atomic E-state index is 12.8. The van der Waals surface area contributed by atoms with Gasteiger partial charge in [-0.25, -0.2) is 8.42 Å². The van der Waals surface area contributed by atoms with E-state index in [9.17, 15) is 8.42 Å². The van der Waals surface area contributed by atoms with Gasteiger partial charge < -0.3 is 10.6 Å². The van der Waals surface area contributed by atoms with E-state index in [4.69, 9.17) is 17.3 Å². The average Bonchev–Trinajstić information content (AvgIpc) is 2.33. The quantitative estimate of drug-likeness (QED) is 0.810. The molecular weight excluding hydrogens is 310 g/mol. The predicted octanol–water partition coefficient (Wildman–Crippen LogP) is 2.19. The largest absolute Gasteiger partial charge is 0.398 e. The molecule has 0 saturated carbocycles. The molecule has 1 aromatic rings. The number of rotatable bonds is 6. The lowest BCUT2D eigenvalue weighted by Crippen LogP contribution is -2.43. The fraction of sp³-hybridized carbons (Fsp3) is 0.571. The van der Waals surface area contributed by atoms with Gasteiger partial charge in [-0.1, -0.05) is 18.5 Å². The van der Waals surface area contributed by atoms with Gasteiger partial charge in [0.2, 0.25) is 10.0 Å². The molecule has 0 aliphatic heterocycles. The van der Waals surface area contributed by atoms with Crippen molar-refractivity contribution < 1.29 is 8.42 Å². The van der Waals surface area contributed by atoms with E-state index < -0.39 is 10.0 Å². The van der Waals surface area contributed by atoms with E-state index in [1.54, 1.807) is 13.0 Å². The van der Waals surface area contributed by atoms with Gasteiger partial charge in [0.1, 0.15) is 4.90 Å². The summed E-state index contributed by atoms with van der Waals surface area (Å²) in [6, 6.07) is 2.88. The molecule has 0 amide bonds. The molecule has 0 aliphatic rings. The molecule has 5 nitrogen and oxygen atoms in total. The first-order valence-corrected chi connectivity index (χ1v) is 8.65. The van der Waals surface area contributed by atoms with Gasteiger partial charge in [-0.15, -0.1) is 0 Å². The average molecular weight is 334 g/mol. The lowest BCUT2D eigenvalue weighted by molar-refractivity contribution is 0.271. The van der Waals surface area contributed by atoms with Gasteiger partial charge in [0, 0.05) is 24.8 Å². The summed E-state index contributed by atoms with van der Waals surface area (Å²) in [5.74, 6) is 0. The Balaban J connectivity index is 3.28. The third-order valence-electron chi connectivity index (χ3n) is 3.34. The number of nitrogens with two attached hydrogens (primary N) is 1. The molecule has 0 radical (unpaired) electrons. The molecule has 0 bridgehead atoms. The Bertz CT molecular complexity index is 602. The van der Waals surface area contributed by atoms with Crippen LogP contribution in [0.2, 0.25) is 5.02 Å². The number of nitrogen functional groups attached to an aromatic ring is 1. The second-order valence-electron chi connectivity index (χ2n) is 5.46. The predicted molar refractivity (Wildman–Crippen MR) is 88.2 cm³/mol. The van der Waals surface area contributed by atoms with Gasteiger partial charge >= 0.3 is 0 Å². The van der Waals surface area contributed by atoms with E-state index in [0.29, 0.717) is 18.8 Å². The lowest BCUT2D eigenvalue weighted by atomic mass is 10.2. The molecule has 0 spiro atoms. The van der Waals surface area contributed by atoms with Crippen molar-refractivity contribution in [3.63, 3.8) is 0 Å². The molecule has 1 atom stereocenters. The van der Waals surface area contributed by atoms with Crippen LogP contribution in [0.5, 0.6) is 0 Å². The minimum Gasteiger partial charge on any atom is -0.398 e. The standard InChI is InChI=1S/C14H24ClN3O2S/c1-6-18(11(3)9-17(4)5)21(19,20)14-8-13(16)10(2)7-12(14)15/h7-8,11H,6,9,16H2,1-5H3. The molecule has 120 valence electrons. The third kappa shape index (κ3) is 4.10. The number of halogens is 1. The molecule has 2 N–H and O–H groups in total. The minimum atomic E-state index is -3.67. The van der Waals surface area contributed by atoms with Gasteiger partial charge in [-0.3, -0.25) is 0 Å². The summed E-state index contributed by atoms with van der Waals surface area (Å²) >= 11 is 6.13. The first-order valence-electron chi connectivity index (χ1n) is 6.83. The topological polar surface area (TPSA) is 66.6 Å². The van der Waals surface area contributed by atoms with Crippen molar-refractivity contribution in [1.82, 2.24) is 9.21 Å². The fourth-order valence-electron chi connectivity index (χ4n) is 2.33. The van der Waals surface area contributed by atoms with Crippen molar-refractivity contribution in [2.45, 2.75) is 31.7 Å². The van der Waals surface area contributed by atoms with Crippen LogP contribution >= 0.6 is 11.6 Å². The molecule has 7 heteroatoms. The highest BCUT2D eigenvalue weighted by Gasteiger charge is 2.30. The van der Waals surface area contributed by atoms with E-state index in [0.717, 1.165) is 5.56 Å². The Morgan fingerprint density at radius 2 is 1.90 bits per heavy atom. The molecule has 0 aliphatic carbocycles. The van der Waals surface area contributed by atoms with Crippen molar-refractivity contribution in [3.05, 3.63) is 22.7 Å². The van der Waals surface area contributed by atoms with E-state index in [2.05, 4.69) is 0 Å². The van der Waals surface area contributed by atoms with Crippen molar-refractivity contribution in [2.75, 3.05) is 32.9 Å². The van der Waals surface area contributed by atoms with Crippen LogP contribution in [-0.4, -0.2) is 50.8 Å². The summed E-state index contributed by atoms with van der Waals surface area (Å²) in [6.45, 7) is 6.50. The van der Waals surface area contributed by atoms with E-state index in [1.807, 2.05) is 32.8 Å². The third-order valence-corrected chi connectivity index (χ3v) is 5.89. The van der Waals surface area contributed by atoms with Crippen LogP contribution in [0.15, 0.2) is 17.0 Å². The number of likely N-dealkylation sites (N-methyl/N-ethyl adjacent to an activating group) is 2. The molecule has 1 aromatic carbocycles. The van der Waals surface area contributed by atoms with Gasteiger partial charge in [0.15, 0.2) is 0 Å². The smallest absolute Gasteiger partial charge is 0.244 e. The Labute approximate surface area is 132 Å². The minimum absolute atomic E-state index is 0.0692. The van der Waals surface area contributed by atoms with Crippen LogP contribution < -0.4 is 5.73 Å². The summed E-state index contributed by atoms with van der Waals surface area (Å²) in [7, 11) is 0.150. The number of hydrogen-bond donors (Lipinski definition) is 1. The second-order valence-corrected chi connectivity index (χ2v) is 7.73. The van der Waals surface area contributed by atoms with Gasteiger partial charge in [0.05, 0.1) is 5.02 Å². The first kappa shape index (κ1) is 18.2. The Morgan fingerprint density at radius 1 is 1.33 bits per heavy atom. The van der Waals surface area contributed by atoms with Crippen LogP contribution in [0.3, 0.4) is 0 Å². The van der Waals surface area contributed by atoms with Crippen LogP contribution in [0.4, 0.5) is 5.69 Å². The SMILES string of the molecule is CCN(C(C)CN(C)C)S(=O)(=O)c1cc(N)c(C)cc1Cl. The number of hydrogen-bond acceptors (Lipinski definition) is 4. The normalized spacial score (nSPS) is 13.9. The molecule has 0 fully saturated rings. The number of aryl methyl sites for hydroxylation is 1. The Hall–Kier alpha value is -0.820. The maximum Gasteiger partial charge on any atom is 0.244 e. The number of sulfonamides is 1. The first-order chi connectivity index (χ1) is 9.61. The number of nitrogens with zero attached hydrogens (tertiary/aromatic N) is 2. The van der Waals surface area contributed by atoms with E-state index >= 15 is 0 Å². The fourth-order valence-corrected chi connectivity index (χ4v) is 4.56. The van der Waals surface area contributed by atoms with Crippen molar-refractivity contribution in [2.24, 2.45) is 0 Å². The highest BCUT2D eigenvalue weighted by atomic mass is 35.5. The highest BCUT2D eigenvalue weighted by Crippen LogP contribution is 2.30. The molecule has 0 saturated heterocycles. The Morgan fingerprint density at radius 3 is 2.38 bits per heavy atom. The zero-order chi connectivity index (χ0) is 16.4. The van der Waals surface area contributed by atoms with Gasteiger partial charge in [-0.2, -0.15) is 4.31 Å². The summed E-state index contributed by atoms with van der Waals surface area (Å²) < 4.78 is 27.1. The van der Waals surface area contributed by atoms with Crippen LogP contribution in [0.25, 0.3) is 0 Å². The van der Waals surface area contributed by atoms with E-state index in [-0.39, 0.29) is 16.0 Å². The molecule has 21 heavy (non-hydrogen) atoms.